The van der Waals surface area contributed by atoms with Gasteiger partial charge in [-0.05, 0) is 29.3 Å². The maximum Gasteiger partial charge on any atom is 0.416 e. The Bertz CT molecular complexity index is 998. The van der Waals surface area contributed by atoms with Crippen molar-refractivity contribution < 1.29 is 13.2 Å². The van der Waals surface area contributed by atoms with Crippen molar-refractivity contribution in [3.05, 3.63) is 92.2 Å². The van der Waals surface area contributed by atoms with Crippen LogP contribution in [0.25, 0.3) is 11.3 Å². The Balaban J connectivity index is 2.17. The molecule has 7 heteroatoms. The molecule has 0 fully saturated rings. The van der Waals surface area contributed by atoms with Gasteiger partial charge in [0.05, 0.1) is 27.8 Å². The van der Waals surface area contributed by atoms with E-state index >= 15 is 0 Å². The van der Waals surface area contributed by atoms with Crippen LogP contribution in [0.2, 0.25) is 10.0 Å². The minimum atomic E-state index is -4.61. The fourth-order valence-corrected chi connectivity index (χ4v) is 2.91. The van der Waals surface area contributed by atoms with Gasteiger partial charge in [-0.15, -0.1) is 0 Å². The van der Waals surface area contributed by atoms with Crippen LogP contribution < -0.4 is 5.56 Å². The molecule has 0 aliphatic heterocycles. The predicted octanol–water partition coefficient (Wildman–Crippen LogP) is 5.89. The molecule has 0 spiro atoms. The van der Waals surface area contributed by atoms with E-state index in [4.69, 9.17) is 23.2 Å². The van der Waals surface area contributed by atoms with Crippen molar-refractivity contribution in [2.75, 3.05) is 0 Å². The summed E-state index contributed by atoms with van der Waals surface area (Å²) in [4.78, 5) is 12.4. The molecule has 0 saturated carbocycles. The van der Waals surface area contributed by atoms with Crippen LogP contribution in [0.1, 0.15) is 11.1 Å². The fourth-order valence-electron chi connectivity index (χ4n) is 2.59. The fraction of sp³-hybridized carbons (Fsp3) is 0.105. The summed E-state index contributed by atoms with van der Waals surface area (Å²) in [5.74, 6) is 0. The number of nitrogens with zero attached hydrogens (tertiary/aromatic N) is 1. The van der Waals surface area contributed by atoms with Crippen LogP contribution in [0, 0.1) is 0 Å². The number of hydrogen-bond acceptors (Lipinski definition) is 1. The zero-order valence-corrected chi connectivity index (χ0v) is 14.7. The molecule has 0 aliphatic rings. The molecule has 0 N–H and O–H groups in total. The summed E-state index contributed by atoms with van der Waals surface area (Å²) in [6, 6.07) is 14.9. The van der Waals surface area contributed by atoms with Crippen LogP contribution in [0.15, 0.2) is 65.5 Å². The summed E-state index contributed by atoms with van der Waals surface area (Å²) in [7, 11) is 0. The van der Waals surface area contributed by atoms with Gasteiger partial charge in [-0.3, -0.25) is 4.79 Å². The molecular formula is C19H12Cl2F3NO. The molecule has 3 aromatic rings. The summed E-state index contributed by atoms with van der Waals surface area (Å²) in [5.41, 5.74) is -0.387. The van der Waals surface area contributed by atoms with Crippen LogP contribution in [0.5, 0.6) is 0 Å². The molecular weight excluding hydrogens is 386 g/mol. The molecule has 134 valence electrons. The molecule has 0 bridgehead atoms. The number of alkyl halides is 3. The second-order valence-corrected chi connectivity index (χ2v) is 6.48. The summed E-state index contributed by atoms with van der Waals surface area (Å²) >= 11 is 11.9. The lowest BCUT2D eigenvalue weighted by Gasteiger charge is -2.16. The Labute approximate surface area is 157 Å². The first-order valence-corrected chi connectivity index (χ1v) is 8.33. The van der Waals surface area contributed by atoms with Crippen molar-refractivity contribution in [3.8, 4) is 11.3 Å². The Hall–Kier alpha value is -2.24. The molecule has 0 unspecified atom stereocenters. The van der Waals surface area contributed by atoms with E-state index in [1.165, 1.54) is 4.57 Å². The smallest absolute Gasteiger partial charge is 0.304 e. The highest BCUT2D eigenvalue weighted by Gasteiger charge is 2.32. The Kier molecular flexibility index (Phi) is 5.12. The molecule has 0 amide bonds. The molecule has 0 radical (unpaired) electrons. The lowest BCUT2D eigenvalue weighted by molar-refractivity contribution is -0.137. The van der Waals surface area contributed by atoms with Gasteiger partial charge in [0, 0.05) is 6.07 Å². The summed E-state index contributed by atoms with van der Waals surface area (Å²) in [6.07, 6.45) is -4.61. The van der Waals surface area contributed by atoms with Gasteiger partial charge in [-0.2, -0.15) is 13.2 Å². The standard InChI is InChI=1S/C19H12Cl2F3NO/c20-15-7-6-12(8-16(15)21)11-25-17(13-4-2-1-3-5-13)9-14(10-18(25)26)19(22,23)24/h1-10H,11H2. The quantitative estimate of drug-likeness (QED) is 0.539. The molecule has 0 atom stereocenters. The Morgan fingerprint density at radius 1 is 0.885 bits per heavy atom. The number of benzene rings is 2. The largest absolute Gasteiger partial charge is 0.416 e. The first kappa shape index (κ1) is 18.5. The van der Waals surface area contributed by atoms with Crippen molar-refractivity contribution in [1.29, 1.82) is 0 Å². The third-order valence-electron chi connectivity index (χ3n) is 3.85. The predicted molar refractivity (Wildman–Crippen MR) is 96.7 cm³/mol. The van der Waals surface area contributed by atoms with Crippen LogP contribution in [0.4, 0.5) is 13.2 Å². The van der Waals surface area contributed by atoms with Gasteiger partial charge in [-0.25, -0.2) is 0 Å². The summed E-state index contributed by atoms with van der Waals surface area (Å²) in [6.45, 7) is 0.0675. The number of hydrogen-bond donors (Lipinski definition) is 0. The molecule has 3 rings (SSSR count). The number of aromatic nitrogens is 1. The highest BCUT2D eigenvalue weighted by molar-refractivity contribution is 6.42. The van der Waals surface area contributed by atoms with Gasteiger partial charge in [-0.1, -0.05) is 59.6 Å². The molecule has 0 aliphatic carbocycles. The minimum Gasteiger partial charge on any atom is -0.304 e. The van der Waals surface area contributed by atoms with E-state index in [0.29, 0.717) is 27.2 Å². The third-order valence-corrected chi connectivity index (χ3v) is 4.59. The van der Waals surface area contributed by atoms with Crippen LogP contribution >= 0.6 is 23.2 Å². The second-order valence-electron chi connectivity index (χ2n) is 5.67. The van der Waals surface area contributed by atoms with E-state index < -0.39 is 17.3 Å². The molecule has 1 heterocycles. The topological polar surface area (TPSA) is 22.0 Å². The van der Waals surface area contributed by atoms with Crippen molar-refractivity contribution in [1.82, 2.24) is 4.57 Å². The van der Waals surface area contributed by atoms with E-state index in [2.05, 4.69) is 0 Å². The van der Waals surface area contributed by atoms with Gasteiger partial charge in [0.15, 0.2) is 0 Å². The van der Waals surface area contributed by atoms with Crippen molar-refractivity contribution in [3.63, 3.8) is 0 Å². The zero-order valence-electron chi connectivity index (χ0n) is 13.2. The monoisotopic (exact) mass is 397 g/mol. The van der Waals surface area contributed by atoms with E-state index in [-0.39, 0.29) is 12.2 Å². The Morgan fingerprint density at radius 3 is 2.19 bits per heavy atom. The number of rotatable bonds is 3. The average molecular weight is 398 g/mol. The summed E-state index contributed by atoms with van der Waals surface area (Å²) < 4.78 is 40.7. The number of pyridine rings is 1. The molecule has 26 heavy (non-hydrogen) atoms. The summed E-state index contributed by atoms with van der Waals surface area (Å²) in [5, 5.41) is 0.670. The SMILES string of the molecule is O=c1cc(C(F)(F)F)cc(-c2ccccc2)n1Cc1ccc(Cl)c(Cl)c1. The normalized spacial score (nSPS) is 11.6. The second kappa shape index (κ2) is 7.17. The number of halogens is 5. The van der Waals surface area contributed by atoms with Crippen LogP contribution in [-0.4, -0.2) is 4.57 Å². The van der Waals surface area contributed by atoms with Gasteiger partial charge >= 0.3 is 6.18 Å². The van der Waals surface area contributed by atoms with Crippen molar-refractivity contribution in [2.24, 2.45) is 0 Å². The molecule has 1 aromatic heterocycles. The van der Waals surface area contributed by atoms with Gasteiger partial charge in [0.2, 0.25) is 0 Å². The van der Waals surface area contributed by atoms with Crippen molar-refractivity contribution in [2.45, 2.75) is 12.7 Å². The molecule has 2 aromatic carbocycles. The van der Waals surface area contributed by atoms with E-state index in [0.717, 1.165) is 6.07 Å². The van der Waals surface area contributed by atoms with Crippen LogP contribution in [0.3, 0.4) is 0 Å². The molecule has 2 nitrogen and oxygen atoms in total. The van der Waals surface area contributed by atoms with Crippen molar-refractivity contribution >= 4 is 23.2 Å². The van der Waals surface area contributed by atoms with E-state index in [1.807, 2.05) is 0 Å². The first-order chi connectivity index (χ1) is 12.3. The average Bonchev–Trinajstić information content (AvgIpc) is 2.59. The lowest BCUT2D eigenvalue weighted by atomic mass is 10.1. The molecule has 0 saturated heterocycles. The maximum absolute atomic E-state index is 13.1. The highest BCUT2D eigenvalue weighted by atomic mass is 35.5. The highest BCUT2D eigenvalue weighted by Crippen LogP contribution is 2.31. The van der Waals surface area contributed by atoms with Crippen LogP contribution in [-0.2, 0) is 12.7 Å². The Morgan fingerprint density at radius 2 is 1.58 bits per heavy atom. The van der Waals surface area contributed by atoms with E-state index in [9.17, 15) is 18.0 Å². The maximum atomic E-state index is 13.1. The van der Waals surface area contributed by atoms with Gasteiger partial charge in [0.1, 0.15) is 0 Å². The third kappa shape index (κ3) is 3.94. The van der Waals surface area contributed by atoms with Gasteiger partial charge < -0.3 is 4.57 Å². The first-order valence-electron chi connectivity index (χ1n) is 7.57. The van der Waals surface area contributed by atoms with E-state index in [1.54, 1.807) is 48.5 Å². The minimum absolute atomic E-state index is 0.0675. The lowest BCUT2D eigenvalue weighted by Crippen LogP contribution is -2.24. The van der Waals surface area contributed by atoms with Gasteiger partial charge in [0.25, 0.3) is 5.56 Å². The zero-order chi connectivity index (χ0) is 18.9.